The van der Waals surface area contributed by atoms with Crippen LogP contribution in [0.4, 0.5) is 0 Å². The highest BCUT2D eigenvalue weighted by molar-refractivity contribution is 5.22. The summed E-state index contributed by atoms with van der Waals surface area (Å²) in [5.74, 6) is 0.913. The van der Waals surface area contributed by atoms with E-state index in [2.05, 4.69) is 55.7 Å². The van der Waals surface area contributed by atoms with Gasteiger partial charge in [0, 0.05) is 18.9 Å². The van der Waals surface area contributed by atoms with Gasteiger partial charge in [-0.15, -0.1) is 5.10 Å². The monoisotopic (exact) mass is 348 g/mol. The lowest BCUT2D eigenvalue weighted by Crippen LogP contribution is -2.36. The Hall–Kier alpha value is -2.60. The van der Waals surface area contributed by atoms with Crippen LogP contribution in [0, 0.1) is 0 Å². The van der Waals surface area contributed by atoms with Crippen molar-refractivity contribution in [3.8, 4) is 0 Å². The smallest absolute Gasteiger partial charge is 0.173 e. The van der Waals surface area contributed by atoms with E-state index in [1.807, 2.05) is 29.2 Å². The van der Waals surface area contributed by atoms with Crippen LogP contribution in [-0.2, 0) is 13.0 Å². The molecule has 4 rings (SSSR count). The average Bonchev–Trinajstić information content (AvgIpc) is 3.17. The zero-order valence-corrected chi connectivity index (χ0v) is 14.9. The molecule has 1 saturated heterocycles. The summed E-state index contributed by atoms with van der Waals surface area (Å²) in [4.78, 5) is 6.82. The quantitative estimate of drug-likeness (QED) is 0.685. The predicted molar refractivity (Wildman–Crippen MR) is 99.5 cm³/mol. The Balaban J connectivity index is 1.60. The van der Waals surface area contributed by atoms with Gasteiger partial charge in [0.25, 0.3) is 0 Å². The molecule has 1 aliphatic rings. The molecular formula is C20H24N6. The highest BCUT2D eigenvalue weighted by Crippen LogP contribution is 2.29. The Morgan fingerprint density at radius 2 is 1.81 bits per heavy atom. The fourth-order valence-electron chi connectivity index (χ4n) is 3.68. The van der Waals surface area contributed by atoms with Gasteiger partial charge in [-0.25, -0.2) is 4.68 Å². The lowest BCUT2D eigenvalue weighted by molar-refractivity contribution is 0.177. The van der Waals surface area contributed by atoms with Crippen molar-refractivity contribution in [2.75, 3.05) is 13.1 Å². The van der Waals surface area contributed by atoms with Gasteiger partial charge in [0.15, 0.2) is 5.82 Å². The van der Waals surface area contributed by atoms with E-state index in [1.165, 1.54) is 24.8 Å². The van der Waals surface area contributed by atoms with Crippen molar-refractivity contribution in [2.24, 2.45) is 0 Å². The normalized spacial score (nSPS) is 16.5. The van der Waals surface area contributed by atoms with Gasteiger partial charge in [-0.2, -0.15) is 0 Å². The van der Waals surface area contributed by atoms with Gasteiger partial charge >= 0.3 is 0 Å². The number of hydrogen-bond donors (Lipinski definition) is 0. The molecule has 0 spiro atoms. The van der Waals surface area contributed by atoms with Crippen LogP contribution in [0.15, 0.2) is 54.9 Å². The first-order chi connectivity index (χ1) is 12.9. The molecule has 3 aromatic rings. The SMILES string of the molecule is c1ccc(CCn2nnnc2C(c2cccnc2)N2CCCCC2)cc1. The predicted octanol–water partition coefficient (Wildman–Crippen LogP) is 2.89. The van der Waals surface area contributed by atoms with E-state index < -0.39 is 0 Å². The number of likely N-dealkylation sites (tertiary alicyclic amines) is 1. The number of aryl methyl sites for hydroxylation is 2. The van der Waals surface area contributed by atoms with Gasteiger partial charge in [-0.1, -0.05) is 42.8 Å². The zero-order valence-electron chi connectivity index (χ0n) is 14.9. The molecule has 0 aliphatic carbocycles. The number of benzene rings is 1. The number of pyridine rings is 1. The number of tetrazole rings is 1. The molecule has 3 heterocycles. The lowest BCUT2D eigenvalue weighted by Gasteiger charge is -2.33. The Morgan fingerprint density at radius 1 is 0.962 bits per heavy atom. The van der Waals surface area contributed by atoms with Crippen molar-refractivity contribution in [2.45, 2.75) is 38.3 Å². The number of rotatable bonds is 6. The summed E-state index contributed by atoms with van der Waals surface area (Å²) in [6.07, 6.45) is 8.42. The van der Waals surface area contributed by atoms with Gasteiger partial charge in [0.2, 0.25) is 0 Å². The van der Waals surface area contributed by atoms with Crippen molar-refractivity contribution >= 4 is 0 Å². The van der Waals surface area contributed by atoms with Gasteiger partial charge in [0.1, 0.15) is 0 Å². The van der Waals surface area contributed by atoms with E-state index in [-0.39, 0.29) is 6.04 Å². The van der Waals surface area contributed by atoms with E-state index >= 15 is 0 Å². The first-order valence-electron chi connectivity index (χ1n) is 9.36. The fraction of sp³-hybridized carbons (Fsp3) is 0.400. The molecule has 0 saturated carbocycles. The molecule has 0 amide bonds. The Labute approximate surface area is 153 Å². The summed E-state index contributed by atoms with van der Waals surface area (Å²) in [5, 5.41) is 12.7. The maximum absolute atomic E-state index is 4.41. The molecule has 0 N–H and O–H groups in total. The second-order valence-corrected chi connectivity index (χ2v) is 6.78. The van der Waals surface area contributed by atoms with Crippen LogP contribution < -0.4 is 0 Å². The summed E-state index contributed by atoms with van der Waals surface area (Å²) < 4.78 is 1.96. The van der Waals surface area contributed by atoms with Crippen LogP contribution in [0.5, 0.6) is 0 Å². The third kappa shape index (κ3) is 3.80. The van der Waals surface area contributed by atoms with Crippen LogP contribution in [0.25, 0.3) is 0 Å². The third-order valence-corrected chi connectivity index (χ3v) is 5.02. The highest BCUT2D eigenvalue weighted by atomic mass is 15.5. The lowest BCUT2D eigenvalue weighted by atomic mass is 10.0. The number of aromatic nitrogens is 5. The second kappa shape index (κ2) is 8.19. The standard InChI is InChI=1S/C20H24N6/c1-3-8-17(9-4-1)11-15-26-20(22-23-24-26)19(18-10-7-12-21-16-18)25-13-5-2-6-14-25/h1,3-4,7-10,12,16,19H,2,5-6,11,13-15H2. The molecule has 0 bridgehead atoms. The van der Waals surface area contributed by atoms with Gasteiger partial charge in [0.05, 0.1) is 6.04 Å². The maximum Gasteiger partial charge on any atom is 0.173 e. The summed E-state index contributed by atoms with van der Waals surface area (Å²) in [7, 11) is 0. The van der Waals surface area contributed by atoms with E-state index in [4.69, 9.17) is 0 Å². The number of nitrogens with zero attached hydrogens (tertiary/aromatic N) is 6. The van der Waals surface area contributed by atoms with Crippen molar-refractivity contribution in [3.05, 3.63) is 71.8 Å². The van der Waals surface area contributed by atoms with Crippen LogP contribution in [0.1, 0.15) is 42.3 Å². The minimum Gasteiger partial charge on any atom is -0.290 e. The molecule has 1 unspecified atom stereocenters. The number of hydrogen-bond acceptors (Lipinski definition) is 5. The maximum atomic E-state index is 4.41. The molecule has 6 heteroatoms. The summed E-state index contributed by atoms with van der Waals surface area (Å²) >= 11 is 0. The topological polar surface area (TPSA) is 59.7 Å². The van der Waals surface area contributed by atoms with Crippen LogP contribution in [-0.4, -0.2) is 43.2 Å². The van der Waals surface area contributed by atoms with Gasteiger partial charge in [-0.05, 0) is 60.0 Å². The first kappa shape index (κ1) is 16.8. The minimum absolute atomic E-state index is 0.0646. The number of piperidine rings is 1. The summed E-state index contributed by atoms with van der Waals surface area (Å²) in [6.45, 7) is 2.92. The van der Waals surface area contributed by atoms with E-state index in [0.717, 1.165) is 37.4 Å². The fourth-order valence-corrected chi connectivity index (χ4v) is 3.68. The van der Waals surface area contributed by atoms with Crippen molar-refractivity contribution in [1.29, 1.82) is 0 Å². The third-order valence-electron chi connectivity index (χ3n) is 5.02. The molecule has 1 fully saturated rings. The summed E-state index contributed by atoms with van der Waals surface area (Å²) in [6, 6.07) is 14.7. The van der Waals surface area contributed by atoms with Gasteiger partial charge < -0.3 is 0 Å². The van der Waals surface area contributed by atoms with E-state index in [1.54, 1.807) is 0 Å². The molecule has 1 atom stereocenters. The molecule has 2 aromatic heterocycles. The molecule has 134 valence electrons. The van der Waals surface area contributed by atoms with E-state index in [0.29, 0.717) is 0 Å². The Morgan fingerprint density at radius 3 is 2.58 bits per heavy atom. The Bertz CT molecular complexity index is 795. The van der Waals surface area contributed by atoms with Crippen molar-refractivity contribution < 1.29 is 0 Å². The first-order valence-corrected chi connectivity index (χ1v) is 9.36. The molecular weight excluding hydrogens is 324 g/mol. The van der Waals surface area contributed by atoms with Crippen LogP contribution in [0.3, 0.4) is 0 Å². The Kier molecular flexibility index (Phi) is 5.30. The zero-order chi connectivity index (χ0) is 17.6. The van der Waals surface area contributed by atoms with Crippen molar-refractivity contribution in [1.82, 2.24) is 30.1 Å². The summed E-state index contributed by atoms with van der Waals surface area (Å²) in [5.41, 5.74) is 2.45. The highest BCUT2D eigenvalue weighted by Gasteiger charge is 2.28. The second-order valence-electron chi connectivity index (χ2n) is 6.78. The van der Waals surface area contributed by atoms with Crippen molar-refractivity contribution in [3.63, 3.8) is 0 Å². The van der Waals surface area contributed by atoms with Crippen LogP contribution in [0.2, 0.25) is 0 Å². The molecule has 1 aromatic carbocycles. The molecule has 1 aliphatic heterocycles. The largest absolute Gasteiger partial charge is 0.290 e. The van der Waals surface area contributed by atoms with Crippen LogP contribution >= 0.6 is 0 Å². The molecule has 26 heavy (non-hydrogen) atoms. The average molecular weight is 348 g/mol. The van der Waals surface area contributed by atoms with E-state index in [9.17, 15) is 0 Å². The minimum atomic E-state index is 0.0646. The van der Waals surface area contributed by atoms with Gasteiger partial charge in [-0.3, -0.25) is 9.88 Å². The molecule has 0 radical (unpaired) electrons. The molecule has 6 nitrogen and oxygen atoms in total.